The van der Waals surface area contributed by atoms with Crippen LogP contribution in [0.15, 0.2) is 78.9 Å². The van der Waals surface area contributed by atoms with Gasteiger partial charge in [-0.3, -0.25) is 14.5 Å². The quantitative estimate of drug-likeness (QED) is 0.277. The van der Waals surface area contributed by atoms with Crippen molar-refractivity contribution in [3.8, 4) is 17.6 Å². The molecule has 1 aliphatic carbocycles. The van der Waals surface area contributed by atoms with Gasteiger partial charge in [-0.1, -0.05) is 66.6 Å². The molecule has 0 spiro atoms. The number of benzene rings is 3. The van der Waals surface area contributed by atoms with Gasteiger partial charge in [0.25, 0.3) is 0 Å². The predicted molar refractivity (Wildman–Crippen MR) is 153 cm³/mol. The van der Waals surface area contributed by atoms with Gasteiger partial charge in [0.15, 0.2) is 11.6 Å². The van der Waals surface area contributed by atoms with E-state index >= 15 is 0 Å². The van der Waals surface area contributed by atoms with Crippen LogP contribution in [-0.2, 0) is 15.0 Å². The molecule has 0 saturated carbocycles. The van der Waals surface area contributed by atoms with Crippen LogP contribution in [0, 0.1) is 11.8 Å². The maximum Gasteiger partial charge on any atom is 0.414 e. The second kappa shape index (κ2) is 12.9. The molecule has 0 amide bonds. The zero-order valence-corrected chi connectivity index (χ0v) is 22.6. The minimum atomic E-state index is -1.82. The monoisotopic (exact) mass is 554 g/mol. The van der Waals surface area contributed by atoms with Gasteiger partial charge in [-0.05, 0) is 17.7 Å². The fraction of sp³-hybridized carbons (Fsp3) is 0.250. The zero-order chi connectivity index (χ0) is 29.4. The van der Waals surface area contributed by atoms with Gasteiger partial charge in [0.1, 0.15) is 11.2 Å². The Hall–Kier alpha value is -4.94. The zero-order valence-electron chi connectivity index (χ0n) is 22.6. The summed E-state index contributed by atoms with van der Waals surface area (Å²) in [4.78, 5) is 49.9. The summed E-state index contributed by atoms with van der Waals surface area (Å²) in [5.41, 5.74) is 1.61. The minimum Gasteiger partial charge on any atom is -0.497 e. The molecule has 210 valence electrons. The van der Waals surface area contributed by atoms with Gasteiger partial charge in [0.2, 0.25) is 0 Å². The first kappa shape index (κ1) is 29.1. The molecule has 2 N–H and O–H groups in total. The van der Waals surface area contributed by atoms with Crippen molar-refractivity contribution in [1.29, 1.82) is 0 Å². The van der Waals surface area contributed by atoms with Crippen LogP contribution in [0.5, 0.6) is 5.75 Å². The summed E-state index contributed by atoms with van der Waals surface area (Å²) < 4.78 is 5.35. The maximum absolute atomic E-state index is 13.5. The molecule has 0 radical (unpaired) electrons. The number of hydrogen-bond acceptors (Lipinski definition) is 7. The van der Waals surface area contributed by atoms with E-state index in [1.807, 2.05) is 54.6 Å². The topological polar surface area (TPSA) is 124 Å². The maximum atomic E-state index is 13.5. The lowest BCUT2D eigenvalue weighted by Gasteiger charge is -2.35. The number of ether oxygens (including phenoxy) is 1. The van der Waals surface area contributed by atoms with Crippen molar-refractivity contribution in [3.05, 3.63) is 95.6 Å². The van der Waals surface area contributed by atoms with Crippen LogP contribution in [0.25, 0.3) is 0 Å². The molecule has 0 atom stereocenters. The molecule has 0 bridgehead atoms. The molecule has 1 fully saturated rings. The third-order valence-electron chi connectivity index (χ3n) is 7.21. The molecule has 0 aromatic heterocycles. The number of anilines is 1. The average Bonchev–Trinajstić information content (AvgIpc) is 3.23. The van der Waals surface area contributed by atoms with Crippen molar-refractivity contribution in [2.45, 2.75) is 11.8 Å². The van der Waals surface area contributed by atoms with E-state index in [4.69, 9.17) is 24.5 Å². The SMILES string of the molecule is COc1cccc(N2CCN(CC#CCC3(c4ccccc4)C(=O)c4ccccc4C3=O)CC2)c1.O=C(O)C(=O)O. The molecule has 3 aromatic carbocycles. The number of aliphatic carboxylic acids is 2. The summed E-state index contributed by atoms with van der Waals surface area (Å²) in [5, 5.41) is 14.8. The number of Topliss-reactive ketones (excluding diaryl/α,β-unsaturated/α-hetero) is 2. The van der Waals surface area contributed by atoms with Crippen LogP contribution in [0.2, 0.25) is 0 Å². The number of carboxylic acids is 2. The third-order valence-corrected chi connectivity index (χ3v) is 7.21. The largest absolute Gasteiger partial charge is 0.497 e. The fourth-order valence-corrected chi connectivity index (χ4v) is 5.02. The summed E-state index contributed by atoms with van der Waals surface area (Å²) in [6, 6.07) is 24.6. The summed E-state index contributed by atoms with van der Waals surface area (Å²) >= 11 is 0. The van der Waals surface area contributed by atoms with E-state index in [0.29, 0.717) is 23.2 Å². The summed E-state index contributed by atoms with van der Waals surface area (Å²) in [5.74, 6) is 3.37. The van der Waals surface area contributed by atoms with Gasteiger partial charge in [0, 0.05) is 55.5 Å². The van der Waals surface area contributed by atoms with Crippen LogP contribution in [-0.4, -0.2) is 78.5 Å². The summed E-state index contributed by atoms with van der Waals surface area (Å²) in [6.07, 6.45) is 0.188. The fourth-order valence-electron chi connectivity index (χ4n) is 5.02. The molecule has 41 heavy (non-hydrogen) atoms. The van der Waals surface area contributed by atoms with Gasteiger partial charge >= 0.3 is 11.9 Å². The molecular formula is C32H30N2O7. The van der Waals surface area contributed by atoms with Crippen molar-refractivity contribution in [1.82, 2.24) is 4.90 Å². The molecule has 2 aliphatic rings. The van der Waals surface area contributed by atoms with Crippen LogP contribution in [0.3, 0.4) is 0 Å². The third kappa shape index (κ3) is 6.29. The Bertz CT molecular complexity index is 1450. The van der Waals surface area contributed by atoms with Crippen molar-refractivity contribution < 1.29 is 34.1 Å². The van der Waals surface area contributed by atoms with E-state index in [2.05, 4.69) is 33.8 Å². The van der Waals surface area contributed by atoms with Crippen LogP contribution in [0.4, 0.5) is 5.69 Å². The van der Waals surface area contributed by atoms with E-state index in [9.17, 15) is 9.59 Å². The van der Waals surface area contributed by atoms with Gasteiger partial charge in [-0.25, -0.2) is 9.59 Å². The highest BCUT2D eigenvalue weighted by atomic mass is 16.5. The van der Waals surface area contributed by atoms with Crippen LogP contribution >= 0.6 is 0 Å². The first-order valence-corrected chi connectivity index (χ1v) is 13.1. The van der Waals surface area contributed by atoms with Crippen molar-refractivity contribution in [2.75, 3.05) is 44.7 Å². The summed E-state index contributed by atoms with van der Waals surface area (Å²) in [6.45, 7) is 4.24. The van der Waals surface area contributed by atoms with Crippen molar-refractivity contribution >= 4 is 29.2 Å². The first-order chi connectivity index (χ1) is 19.8. The standard InChI is InChI=1S/C30H28N2O3.C2H2O4/c1-35-25-13-9-12-24(22-25)32-20-18-31(19-21-32)17-8-7-16-30(23-10-3-2-4-11-23)28(33)26-14-5-6-15-27(26)29(30)34;3-1(4)2(5)6/h2-6,9-15,22H,16-21H2,1H3;(H,3,4)(H,5,6). The van der Waals surface area contributed by atoms with E-state index < -0.39 is 17.4 Å². The lowest BCUT2D eigenvalue weighted by atomic mass is 9.73. The molecular weight excluding hydrogens is 524 g/mol. The number of carbonyl (C=O) groups is 4. The number of hydrogen-bond donors (Lipinski definition) is 2. The van der Waals surface area contributed by atoms with E-state index in [1.54, 1.807) is 19.2 Å². The molecule has 9 heteroatoms. The Morgan fingerprint density at radius 3 is 1.95 bits per heavy atom. The lowest BCUT2D eigenvalue weighted by Crippen LogP contribution is -2.46. The number of ketones is 2. The van der Waals surface area contributed by atoms with E-state index in [1.165, 1.54) is 0 Å². The molecule has 1 heterocycles. The second-order valence-electron chi connectivity index (χ2n) is 9.58. The molecule has 5 rings (SSSR count). The Labute approximate surface area is 238 Å². The Balaban J connectivity index is 0.000000585. The molecule has 1 aliphatic heterocycles. The van der Waals surface area contributed by atoms with Gasteiger partial charge in [-0.2, -0.15) is 0 Å². The van der Waals surface area contributed by atoms with E-state index in [-0.39, 0.29) is 18.0 Å². The highest BCUT2D eigenvalue weighted by Gasteiger charge is 2.53. The van der Waals surface area contributed by atoms with Gasteiger partial charge in [-0.15, -0.1) is 5.92 Å². The Kier molecular flexibility index (Phi) is 9.17. The minimum absolute atomic E-state index is 0.148. The Morgan fingerprint density at radius 1 is 0.805 bits per heavy atom. The highest BCUT2D eigenvalue weighted by Crippen LogP contribution is 2.42. The average molecular weight is 555 g/mol. The smallest absolute Gasteiger partial charge is 0.414 e. The molecule has 9 nitrogen and oxygen atoms in total. The summed E-state index contributed by atoms with van der Waals surface area (Å²) in [7, 11) is 1.68. The van der Waals surface area contributed by atoms with E-state index in [0.717, 1.165) is 37.6 Å². The highest BCUT2D eigenvalue weighted by molar-refractivity contribution is 6.33. The van der Waals surface area contributed by atoms with Crippen LogP contribution < -0.4 is 9.64 Å². The normalized spacial score (nSPS) is 15.6. The molecule has 0 unspecified atom stereocenters. The first-order valence-electron chi connectivity index (χ1n) is 13.1. The van der Waals surface area contributed by atoms with Crippen molar-refractivity contribution in [3.63, 3.8) is 0 Å². The van der Waals surface area contributed by atoms with Gasteiger partial charge < -0.3 is 19.8 Å². The lowest BCUT2D eigenvalue weighted by molar-refractivity contribution is -0.159. The number of carbonyl (C=O) groups excluding carboxylic acids is 2. The van der Waals surface area contributed by atoms with Crippen molar-refractivity contribution in [2.24, 2.45) is 0 Å². The number of methoxy groups -OCH3 is 1. The van der Waals surface area contributed by atoms with Gasteiger partial charge in [0.05, 0.1) is 13.7 Å². The molecule has 1 saturated heterocycles. The Morgan fingerprint density at radius 2 is 1.39 bits per heavy atom. The number of piperazine rings is 1. The predicted octanol–water partition coefficient (Wildman–Crippen LogP) is 3.38. The molecule has 3 aromatic rings. The number of nitrogens with zero attached hydrogens (tertiary/aromatic N) is 2. The second-order valence-corrected chi connectivity index (χ2v) is 9.58. The number of fused-ring (bicyclic) bond motifs is 1. The van der Waals surface area contributed by atoms with Crippen LogP contribution in [0.1, 0.15) is 32.7 Å². The number of carboxylic acid groups (broad SMARTS) is 2. The number of rotatable bonds is 5.